The van der Waals surface area contributed by atoms with Crippen molar-refractivity contribution < 1.29 is 27.5 Å². The highest BCUT2D eigenvalue weighted by atomic mass is 32.2. The average molecular weight is 497 g/mol. The maximum absolute atomic E-state index is 12.4. The van der Waals surface area contributed by atoms with E-state index in [-0.39, 0.29) is 17.5 Å². The minimum Gasteiger partial charge on any atom is -0.481 e. The zero-order valence-corrected chi connectivity index (χ0v) is 20.5. The van der Waals surface area contributed by atoms with Gasteiger partial charge < -0.3 is 14.8 Å². The minimum atomic E-state index is -3.63. The molecule has 8 nitrogen and oxygen atoms in total. The Labute approximate surface area is 205 Å². The number of hydrogen-bond acceptors (Lipinski definition) is 6. The number of ether oxygens (including phenoxy) is 2. The lowest BCUT2D eigenvalue weighted by Gasteiger charge is -2.15. The van der Waals surface area contributed by atoms with Crippen LogP contribution in [-0.2, 0) is 24.3 Å². The van der Waals surface area contributed by atoms with Crippen LogP contribution in [0, 0.1) is 0 Å². The Balaban J connectivity index is 1.54. The molecular formula is C26H28N2O6S. The van der Waals surface area contributed by atoms with E-state index in [2.05, 4.69) is 10.0 Å². The lowest BCUT2D eigenvalue weighted by molar-refractivity contribution is -0.155. The highest BCUT2D eigenvalue weighted by Gasteiger charge is 2.20. The van der Waals surface area contributed by atoms with Gasteiger partial charge in [0.25, 0.3) is 5.91 Å². The van der Waals surface area contributed by atoms with Gasteiger partial charge in [-0.1, -0.05) is 48.5 Å². The van der Waals surface area contributed by atoms with Gasteiger partial charge in [-0.05, 0) is 56.7 Å². The number of esters is 1. The first-order chi connectivity index (χ1) is 16.7. The summed E-state index contributed by atoms with van der Waals surface area (Å²) in [6.45, 7) is 4.53. The first-order valence-corrected chi connectivity index (χ1v) is 12.5. The van der Waals surface area contributed by atoms with E-state index in [0.29, 0.717) is 11.4 Å². The molecule has 1 unspecified atom stereocenters. The summed E-state index contributed by atoms with van der Waals surface area (Å²) in [5.41, 5.74) is 2.15. The number of benzene rings is 3. The first-order valence-electron chi connectivity index (χ1n) is 11.1. The van der Waals surface area contributed by atoms with Crippen LogP contribution in [0.15, 0.2) is 83.8 Å². The molecule has 0 aliphatic carbocycles. The van der Waals surface area contributed by atoms with Gasteiger partial charge in [0.05, 0.1) is 4.90 Å². The maximum Gasteiger partial charge on any atom is 0.344 e. The second kappa shape index (κ2) is 11.6. The van der Waals surface area contributed by atoms with Crippen molar-refractivity contribution in [3.05, 3.63) is 78.9 Å². The van der Waals surface area contributed by atoms with Gasteiger partial charge >= 0.3 is 5.97 Å². The molecule has 0 aliphatic rings. The van der Waals surface area contributed by atoms with E-state index in [4.69, 9.17) is 9.47 Å². The van der Waals surface area contributed by atoms with E-state index >= 15 is 0 Å². The molecule has 9 heteroatoms. The van der Waals surface area contributed by atoms with Crippen molar-refractivity contribution in [1.29, 1.82) is 0 Å². The van der Waals surface area contributed by atoms with E-state index < -0.39 is 28.0 Å². The fourth-order valence-corrected chi connectivity index (χ4v) is 4.46. The number of para-hydroxylation sites is 1. The second-order valence-electron chi connectivity index (χ2n) is 8.07. The lowest BCUT2D eigenvalue weighted by atomic mass is 10.1. The van der Waals surface area contributed by atoms with Crippen LogP contribution >= 0.6 is 0 Å². The van der Waals surface area contributed by atoms with Gasteiger partial charge in [0, 0.05) is 17.3 Å². The van der Waals surface area contributed by atoms with Crippen LogP contribution in [0.5, 0.6) is 5.75 Å². The molecule has 3 rings (SSSR count). The van der Waals surface area contributed by atoms with E-state index in [1.165, 1.54) is 31.2 Å². The van der Waals surface area contributed by atoms with Crippen LogP contribution in [0.1, 0.15) is 20.8 Å². The van der Waals surface area contributed by atoms with Crippen LogP contribution in [0.25, 0.3) is 11.1 Å². The predicted molar refractivity (Wildman–Crippen MR) is 133 cm³/mol. The Morgan fingerprint density at radius 1 is 0.857 bits per heavy atom. The van der Waals surface area contributed by atoms with E-state index in [1.807, 2.05) is 42.5 Å². The summed E-state index contributed by atoms with van der Waals surface area (Å²) < 4.78 is 37.7. The first kappa shape index (κ1) is 25.9. The molecule has 35 heavy (non-hydrogen) atoms. The van der Waals surface area contributed by atoms with Crippen molar-refractivity contribution in [1.82, 2.24) is 4.72 Å². The molecule has 1 atom stereocenters. The van der Waals surface area contributed by atoms with Gasteiger partial charge in [-0.3, -0.25) is 4.79 Å². The lowest BCUT2D eigenvalue weighted by Crippen LogP contribution is -2.32. The summed E-state index contributed by atoms with van der Waals surface area (Å²) in [5, 5.41) is 2.60. The fraction of sp³-hybridized carbons (Fsp3) is 0.231. The molecule has 0 saturated carbocycles. The second-order valence-corrected chi connectivity index (χ2v) is 9.79. The summed E-state index contributed by atoms with van der Waals surface area (Å²) >= 11 is 0. The number of sulfonamides is 1. The molecule has 0 aromatic heterocycles. The van der Waals surface area contributed by atoms with Crippen molar-refractivity contribution >= 4 is 27.6 Å². The largest absolute Gasteiger partial charge is 0.481 e. The average Bonchev–Trinajstić information content (AvgIpc) is 2.83. The van der Waals surface area contributed by atoms with Crippen LogP contribution in [0.4, 0.5) is 5.69 Å². The van der Waals surface area contributed by atoms with Gasteiger partial charge in [-0.2, -0.15) is 0 Å². The molecule has 0 heterocycles. The number of rotatable bonds is 10. The maximum atomic E-state index is 12.4. The minimum absolute atomic E-state index is 0.0802. The molecule has 2 N–H and O–H groups in total. The van der Waals surface area contributed by atoms with Gasteiger partial charge in [-0.25, -0.2) is 17.9 Å². The van der Waals surface area contributed by atoms with Crippen molar-refractivity contribution in [2.75, 3.05) is 11.9 Å². The smallest absolute Gasteiger partial charge is 0.344 e. The molecule has 1 amide bonds. The third-order valence-electron chi connectivity index (χ3n) is 4.82. The Morgan fingerprint density at radius 2 is 1.49 bits per heavy atom. The summed E-state index contributed by atoms with van der Waals surface area (Å²) in [6, 6.07) is 22.4. The zero-order chi connectivity index (χ0) is 25.4. The fourth-order valence-electron chi connectivity index (χ4n) is 3.21. The summed E-state index contributed by atoms with van der Waals surface area (Å²) in [7, 11) is -3.63. The number of carbonyl (C=O) groups is 2. The number of carbonyl (C=O) groups excluding carboxylic acids is 2. The third kappa shape index (κ3) is 7.40. The molecule has 184 valence electrons. The van der Waals surface area contributed by atoms with Gasteiger partial charge in [0.2, 0.25) is 10.0 Å². The standard InChI is InChI=1S/C26H28N2O6S/c1-18(2)28-35(31,32)22-15-13-21(14-16-22)27-26(30)19(3)34-25(29)17-33-24-12-8-7-11-23(24)20-9-5-4-6-10-20/h4-16,18-19,28H,17H2,1-3H3,(H,27,30). The molecule has 0 radical (unpaired) electrons. The van der Waals surface area contributed by atoms with E-state index in [1.54, 1.807) is 26.0 Å². The number of amides is 1. The quantitative estimate of drug-likeness (QED) is 0.411. The molecule has 3 aromatic carbocycles. The van der Waals surface area contributed by atoms with Crippen molar-refractivity contribution in [2.45, 2.75) is 37.8 Å². The third-order valence-corrected chi connectivity index (χ3v) is 6.49. The Morgan fingerprint density at radius 3 is 2.14 bits per heavy atom. The summed E-state index contributed by atoms with van der Waals surface area (Å²) in [4.78, 5) is 24.8. The highest BCUT2D eigenvalue weighted by Crippen LogP contribution is 2.29. The van der Waals surface area contributed by atoms with Crippen LogP contribution in [0.3, 0.4) is 0 Å². The SMILES string of the molecule is CC(C)NS(=O)(=O)c1ccc(NC(=O)C(C)OC(=O)COc2ccccc2-c2ccccc2)cc1. The number of nitrogens with one attached hydrogen (secondary N) is 2. The molecule has 0 saturated heterocycles. The zero-order valence-electron chi connectivity index (χ0n) is 19.7. The number of anilines is 1. The van der Waals surface area contributed by atoms with Crippen LogP contribution in [-0.4, -0.2) is 39.0 Å². The molecular weight excluding hydrogens is 468 g/mol. The Kier molecular flexibility index (Phi) is 8.62. The molecule has 0 bridgehead atoms. The summed E-state index contributed by atoms with van der Waals surface area (Å²) in [6.07, 6.45) is -1.08. The highest BCUT2D eigenvalue weighted by molar-refractivity contribution is 7.89. The van der Waals surface area contributed by atoms with Gasteiger partial charge in [0.1, 0.15) is 5.75 Å². The Hall–Kier alpha value is -3.69. The molecule has 0 fully saturated rings. The van der Waals surface area contributed by atoms with Crippen molar-refractivity contribution in [3.8, 4) is 16.9 Å². The van der Waals surface area contributed by atoms with Crippen LogP contribution < -0.4 is 14.8 Å². The van der Waals surface area contributed by atoms with Crippen molar-refractivity contribution in [3.63, 3.8) is 0 Å². The van der Waals surface area contributed by atoms with E-state index in [0.717, 1.165) is 11.1 Å². The normalized spacial score (nSPS) is 12.1. The molecule has 3 aromatic rings. The van der Waals surface area contributed by atoms with Crippen LogP contribution in [0.2, 0.25) is 0 Å². The monoisotopic (exact) mass is 496 g/mol. The number of hydrogen-bond donors (Lipinski definition) is 2. The van der Waals surface area contributed by atoms with Gasteiger partial charge in [-0.15, -0.1) is 0 Å². The van der Waals surface area contributed by atoms with Gasteiger partial charge in [0.15, 0.2) is 12.7 Å². The predicted octanol–water partition coefficient (Wildman–Crippen LogP) is 3.99. The van der Waals surface area contributed by atoms with E-state index in [9.17, 15) is 18.0 Å². The summed E-state index contributed by atoms with van der Waals surface area (Å²) in [5.74, 6) is -0.731. The topological polar surface area (TPSA) is 111 Å². The molecule has 0 aliphatic heterocycles. The van der Waals surface area contributed by atoms with Crippen molar-refractivity contribution in [2.24, 2.45) is 0 Å². The molecule has 0 spiro atoms. The Bertz CT molecular complexity index is 1260.